The minimum absolute atomic E-state index is 0. The lowest BCUT2D eigenvalue weighted by atomic mass is 10.2. The third kappa shape index (κ3) is 4.08. The van der Waals surface area contributed by atoms with E-state index in [2.05, 4.69) is 25.2 Å². The Balaban J connectivity index is 0.00000231. The minimum Gasteiger partial charge on any atom is -0.346 e. The number of benzene rings is 2. The lowest BCUT2D eigenvalue weighted by Gasteiger charge is -2.11. The standard InChI is InChI=1S/C23H18ClN5O.ClH/c24-18-4-1-2-5-20(18)28-23(30)27-19-6-3-7-21-17(19)10-13-29(21)14-15-8-11-25-22-16(15)9-12-26-22;/h1-13H,14H2,(H,25,26)(H2,27,28,30);1H. The molecule has 0 unspecified atom stereocenters. The maximum absolute atomic E-state index is 12.5. The number of urea groups is 1. The van der Waals surface area contributed by atoms with E-state index >= 15 is 0 Å². The summed E-state index contributed by atoms with van der Waals surface area (Å²) in [5.74, 6) is 0. The third-order valence-electron chi connectivity index (χ3n) is 5.08. The van der Waals surface area contributed by atoms with Gasteiger partial charge in [0, 0.05) is 35.9 Å². The second-order valence-electron chi connectivity index (χ2n) is 6.95. The topological polar surface area (TPSA) is 74.7 Å². The molecule has 0 aliphatic carbocycles. The number of fused-ring (bicyclic) bond motifs is 2. The van der Waals surface area contributed by atoms with Gasteiger partial charge < -0.3 is 20.2 Å². The van der Waals surface area contributed by atoms with Crippen LogP contribution < -0.4 is 10.6 Å². The number of carbonyl (C=O) groups excluding carboxylic acids is 1. The van der Waals surface area contributed by atoms with E-state index < -0.39 is 0 Å². The van der Waals surface area contributed by atoms with Gasteiger partial charge >= 0.3 is 6.03 Å². The van der Waals surface area contributed by atoms with Gasteiger partial charge in [-0.25, -0.2) is 9.78 Å². The van der Waals surface area contributed by atoms with Crippen LogP contribution in [0.3, 0.4) is 0 Å². The van der Waals surface area contributed by atoms with Crippen molar-refractivity contribution in [2.45, 2.75) is 6.54 Å². The first-order chi connectivity index (χ1) is 14.7. The summed E-state index contributed by atoms with van der Waals surface area (Å²) in [6.45, 7) is 0.704. The number of rotatable bonds is 4. The number of aromatic amines is 1. The number of nitrogens with zero attached hydrogens (tertiary/aromatic N) is 2. The molecule has 3 heterocycles. The number of halogens is 2. The molecule has 31 heavy (non-hydrogen) atoms. The van der Waals surface area contributed by atoms with Gasteiger partial charge in [-0.2, -0.15) is 0 Å². The molecule has 0 atom stereocenters. The number of aromatic nitrogens is 3. The van der Waals surface area contributed by atoms with Gasteiger partial charge in [-0.3, -0.25) is 0 Å². The highest BCUT2D eigenvalue weighted by molar-refractivity contribution is 6.33. The van der Waals surface area contributed by atoms with Gasteiger partial charge in [-0.05, 0) is 48.0 Å². The summed E-state index contributed by atoms with van der Waals surface area (Å²) in [7, 11) is 0. The van der Waals surface area contributed by atoms with E-state index in [0.717, 1.165) is 27.6 Å². The maximum atomic E-state index is 12.5. The Bertz CT molecular complexity index is 1370. The summed E-state index contributed by atoms with van der Waals surface area (Å²) < 4.78 is 2.16. The molecule has 0 fully saturated rings. The molecule has 8 heteroatoms. The number of carbonyl (C=O) groups is 1. The fourth-order valence-electron chi connectivity index (χ4n) is 3.65. The molecule has 0 radical (unpaired) electrons. The molecular weight excluding hydrogens is 433 g/mol. The van der Waals surface area contributed by atoms with E-state index in [1.807, 2.05) is 67.1 Å². The predicted octanol–water partition coefficient (Wildman–Crippen LogP) is 6.29. The van der Waals surface area contributed by atoms with Gasteiger partial charge in [0.25, 0.3) is 0 Å². The Morgan fingerprint density at radius 3 is 2.65 bits per heavy atom. The molecule has 3 aromatic heterocycles. The largest absolute Gasteiger partial charge is 0.346 e. The van der Waals surface area contributed by atoms with E-state index in [1.165, 1.54) is 5.56 Å². The Morgan fingerprint density at radius 1 is 0.968 bits per heavy atom. The van der Waals surface area contributed by atoms with Crippen molar-refractivity contribution in [3.05, 3.63) is 89.8 Å². The highest BCUT2D eigenvalue weighted by atomic mass is 35.5. The highest BCUT2D eigenvalue weighted by Crippen LogP contribution is 2.27. The van der Waals surface area contributed by atoms with Crippen LogP contribution in [-0.4, -0.2) is 20.6 Å². The summed E-state index contributed by atoms with van der Waals surface area (Å²) in [5, 5.41) is 8.27. The summed E-state index contributed by atoms with van der Waals surface area (Å²) in [6, 6.07) is 18.7. The molecule has 0 aliphatic rings. The van der Waals surface area contributed by atoms with E-state index in [0.29, 0.717) is 17.3 Å². The molecule has 0 aliphatic heterocycles. The van der Waals surface area contributed by atoms with Crippen LogP contribution in [0.5, 0.6) is 0 Å². The number of pyridine rings is 1. The first kappa shape index (κ1) is 20.8. The molecule has 2 aromatic carbocycles. The zero-order valence-electron chi connectivity index (χ0n) is 16.3. The fourth-order valence-corrected chi connectivity index (χ4v) is 3.83. The third-order valence-corrected chi connectivity index (χ3v) is 5.40. The molecule has 5 rings (SSSR count). The van der Waals surface area contributed by atoms with Crippen LogP contribution in [0.15, 0.2) is 79.3 Å². The SMILES string of the molecule is Cl.O=C(Nc1ccccc1Cl)Nc1cccc2c1ccn2Cc1ccnc2[nH]ccc12. The number of hydrogen-bond donors (Lipinski definition) is 3. The van der Waals surface area contributed by atoms with Crippen LogP contribution in [0.25, 0.3) is 21.9 Å². The van der Waals surface area contributed by atoms with Gasteiger partial charge in [0.05, 0.1) is 21.9 Å². The molecule has 156 valence electrons. The Morgan fingerprint density at radius 2 is 1.77 bits per heavy atom. The van der Waals surface area contributed by atoms with Crippen molar-refractivity contribution < 1.29 is 4.79 Å². The van der Waals surface area contributed by atoms with Crippen LogP contribution in [0.1, 0.15) is 5.56 Å². The minimum atomic E-state index is -0.341. The Labute approximate surface area is 189 Å². The van der Waals surface area contributed by atoms with Gasteiger partial charge in [0.2, 0.25) is 0 Å². The summed E-state index contributed by atoms with van der Waals surface area (Å²) in [4.78, 5) is 20.0. The van der Waals surface area contributed by atoms with Crippen molar-refractivity contribution in [1.29, 1.82) is 0 Å². The van der Waals surface area contributed by atoms with Gasteiger partial charge in [-0.15, -0.1) is 12.4 Å². The first-order valence-electron chi connectivity index (χ1n) is 9.50. The fraction of sp³-hybridized carbons (Fsp3) is 0.0435. The Hall–Kier alpha value is -3.48. The lowest BCUT2D eigenvalue weighted by molar-refractivity contribution is 0.262. The van der Waals surface area contributed by atoms with Gasteiger partial charge in [0.1, 0.15) is 5.65 Å². The molecule has 2 amide bonds. The van der Waals surface area contributed by atoms with Crippen LogP contribution >= 0.6 is 24.0 Å². The first-order valence-corrected chi connectivity index (χ1v) is 9.88. The average Bonchev–Trinajstić information content (AvgIpc) is 3.38. The summed E-state index contributed by atoms with van der Waals surface area (Å²) >= 11 is 6.13. The van der Waals surface area contributed by atoms with Crippen molar-refractivity contribution in [1.82, 2.24) is 14.5 Å². The Kier molecular flexibility index (Phi) is 5.84. The number of nitrogens with one attached hydrogen (secondary N) is 3. The van der Waals surface area contributed by atoms with Gasteiger partial charge in [-0.1, -0.05) is 29.8 Å². The number of H-pyrrole nitrogens is 1. The lowest BCUT2D eigenvalue weighted by Crippen LogP contribution is -2.19. The van der Waals surface area contributed by atoms with Crippen molar-refractivity contribution in [3.63, 3.8) is 0 Å². The monoisotopic (exact) mass is 451 g/mol. The van der Waals surface area contributed by atoms with Crippen LogP contribution in [-0.2, 0) is 6.54 Å². The molecule has 3 N–H and O–H groups in total. The maximum Gasteiger partial charge on any atom is 0.323 e. The number of para-hydroxylation sites is 1. The highest BCUT2D eigenvalue weighted by Gasteiger charge is 2.11. The van der Waals surface area contributed by atoms with Crippen molar-refractivity contribution in [2.75, 3.05) is 10.6 Å². The van der Waals surface area contributed by atoms with Crippen molar-refractivity contribution in [2.24, 2.45) is 0 Å². The van der Waals surface area contributed by atoms with E-state index in [9.17, 15) is 4.79 Å². The summed E-state index contributed by atoms with van der Waals surface area (Å²) in [5.41, 5.74) is 4.38. The number of amides is 2. The average molecular weight is 452 g/mol. The van der Waals surface area contributed by atoms with Gasteiger partial charge in [0.15, 0.2) is 0 Å². The zero-order chi connectivity index (χ0) is 20.5. The van der Waals surface area contributed by atoms with E-state index in [4.69, 9.17) is 11.6 Å². The van der Waals surface area contributed by atoms with Crippen molar-refractivity contribution >= 4 is 63.4 Å². The normalized spacial score (nSPS) is 10.7. The quantitative estimate of drug-likeness (QED) is 0.300. The molecule has 6 nitrogen and oxygen atoms in total. The molecular formula is C23H19Cl2N5O. The zero-order valence-corrected chi connectivity index (χ0v) is 17.9. The van der Waals surface area contributed by atoms with E-state index in [1.54, 1.807) is 12.1 Å². The van der Waals surface area contributed by atoms with Crippen molar-refractivity contribution in [3.8, 4) is 0 Å². The second kappa shape index (κ2) is 8.71. The number of anilines is 2. The molecule has 0 saturated heterocycles. The van der Waals surface area contributed by atoms with Crippen LogP contribution in [0, 0.1) is 0 Å². The second-order valence-corrected chi connectivity index (χ2v) is 7.36. The van der Waals surface area contributed by atoms with Crippen LogP contribution in [0.4, 0.5) is 16.2 Å². The molecule has 0 bridgehead atoms. The smallest absolute Gasteiger partial charge is 0.323 e. The number of hydrogen-bond acceptors (Lipinski definition) is 2. The molecule has 0 spiro atoms. The summed E-state index contributed by atoms with van der Waals surface area (Å²) in [6.07, 6.45) is 5.74. The van der Waals surface area contributed by atoms with E-state index in [-0.39, 0.29) is 18.4 Å². The van der Waals surface area contributed by atoms with Crippen LogP contribution in [0.2, 0.25) is 5.02 Å². The molecule has 0 saturated carbocycles. The molecule has 5 aromatic rings. The predicted molar refractivity (Wildman–Crippen MR) is 128 cm³/mol.